The maximum atomic E-state index is 11.5. The fourth-order valence-corrected chi connectivity index (χ4v) is 1.61. The molecule has 0 aromatic rings. The molecule has 76 valence electrons. The van der Waals surface area contributed by atoms with E-state index < -0.39 is 0 Å². The summed E-state index contributed by atoms with van der Waals surface area (Å²) in [5.74, 6) is 0.461. The summed E-state index contributed by atoms with van der Waals surface area (Å²) in [6.07, 6.45) is 4.53. The molecule has 1 saturated heterocycles. The van der Waals surface area contributed by atoms with E-state index in [9.17, 15) is 4.79 Å². The van der Waals surface area contributed by atoms with Crippen LogP contribution in [0.5, 0.6) is 0 Å². The highest BCUT2D eigenvalue weighted by molar-refractivity contribution is 5.79. The number of hydrogen-bond donors (Lipinski definition) is 2. The Labute approximate surface area is 80.3 Å². The van der Waals surface area contributed by atoms with E-state index in [1.807, 2.05) is 0 Å². The molecule has 1 fully saturated rings. The Morgan fingerprint density at radius 3 is 3.00 bits per heavy atom. The van der Waals surface area contributed by atoms with Gasteiger partial charge in [-0.25, -0.2) is 0 Å². The van der Waals surface area contributed by atoms with Crippen LogP contribution in [-0.2, 0) is 4.79 Å². The van der Waals surface area contributed by atoms with Crippen LogP contribution in [0, 0.1) is 5.92 Å². The number of amides is 1. The molecule has 0 aromatic carbocycles. The van der Waals surface area contributed by atoms with Crippen LogP contribution in [0.25, 0.3) is 0 Å². The zero-order valence-electron chi connectivity index (χ0n) is 8.44. The molecule has 1 heterocycles. The summed E-state index contributed by atoms with van der Waals surface area (Å²) in [6.45, 7) is 4.87. The fourth-order valence-electron chi connectivity index (χ4n) is 1.61. The topological polar surface area (TPSA) is 41.1 Å². The predicted molar refractivity (Wildman–Crippen MR) is 53.5 cm³/mol. The quantitative estimate of drug-likeness (QED) is 0.623. The Balaban J connectivity index is 2.03. The molecule has 0 saturated carbocycles. The molecule has 1 rings (SSSR count). The van der Waals surface area contributed by atoms with E-state index in [1.165, 1.54) is 12.8 Å². The van der Waals surface area contributed by atoms with Crippen molar-refractivity contribution in [2.24, 2.45) is 5.92 Å². The van der Waals surface area contributed by atoms with Crippen LogP contribution in [0.2, 0.25) is 0 Å². The lowest BCUT2D eigenvalue weighted by molar-refractivity contribution is -0.124. The molecule has 1 aliphatic heterocycles. The van der Waals surface area contributed by atoms with Crippen LogP contribution < -0.4 is 10.6 Å². The highest BCUT2D eigenvalue weighted by Gasteiger charge is 2.21. The van der Waals surface area contributed by atoms with Gasteiger partial charge in [0, 0.05) is 13.1 Å². The average Bonchev–Trinajstić information content (AvgIpc) is 2.65. The molecule has 2 N–H and O–H groups in total. The highest BCUT2D eigenvalue weighted by Crippen LogP contribution is 2.06. The molecule has 13 heavy (non-hydrogen) atoms. The van der Waals surface area contributed by atoms with E-state index >= 15 is 0 Å². The molecule has 1 unspecified atom stereocenters. The zero-order chi connectivity index (χ0) is 9.52. The minimum Gasteiger partial charge on any atom is -0.356 e. The molecule has 1 aliphatic rings. The molecule has 0 radical (unpaired) electrons. The Kier molecular flexibility index (Phi) is 4.83. The van der Waals surface area contributed by atoms with Crippen molar-refractivity contribution in [2.75, 3.05) is 19.6 Å². The lowest BCUT2D eigenvalue weighted by Gasteiger charge is -2.08. The number of carbonyl (C=O) groups is 1. The number of hydrogen-bond acceptors (Lipinski definition) is 2. The summed E-state index contributed by atoms with van der Waals surface area (Å²) in [5.41, 5.74) is 0. The minimum atomic E-state index is 0.224. The average molecular weight is 184 g/mol. The Morgan fingerprint density at radius 1 is 1.54 bits per heavy atom. The third kappa shape index (κ3) is 3.77. The summed E-state index contributed by atoms with van der Waals surface area (Å²) >= 11 is 0. The van der Waals surface area contributed by atoms with Gasteiger partial charge in [0.1, 0.15) is 0 Å². The van der Waals surface area contributed by atoms with Crippen molar-refractivity contribution in [3.05, 3.63) is 0 Å². The van der Waals surface area contributed by atoms with E-state index in [0.717, 1.165) is 32.5 Å². The molecule has 1 atom stereocenters. The van der Waals surface area contributed by atoms with Crippen molar-refractivity contribution in [1.29, 1.82) is 0 Å². The molecule has 0 spiro atoms. The molecule has 1 amide bonds. The molecule has 0 aromatic heterocycles. The maximum Gasteiger partial charge on any atom is 0.224 e. The van der Waals surface area contributed by atoms with Gasteiger partial charge >= 0.3 is 0 Å². The SMILES string of the molecule is CCCCCNC(=O)C1CCNC1. The first-order chi connectivity index (χ1) is 6.34. The van der Waals surface area contributed by atoms with Gasteiger partial charge < -0.3 is 10.6 Å². The maximum absolute atomic E-state index is 11.5. The molecular weight excluding hydrogens is 164 g/mol. The van der Waals surface area contributed by atoms with Crippen molar-refractivity contribution < 1.29 is 4.79 Å². The lowest BCUT2D eigenvalue weighted by atomic mass is 10.1. The summed E-state index contributed by atoms with van der Waals surface area (Å²) in [5, 5.41) is 6.17. The van der Waals surface area contributed by atoms with Gasteiger partial charge in [-0.1, -0.05) is 19.8 Å². The third-order valence-corrected chi connectivity index (χ3v) is 2.51. The highest BCUT2D eigenvalue weighted by atomic mass is 16.1. The van der Waals surface area contributed by atoms with Gasteiger partial charge in [0.2, 0.25) is 5.91 Å². The van der Waals surface area contributed by atoms with Crippen LogP contribution in [0.15, 0.2) is 0 Å². The first kappa shape index (κ1) is 10.5. The van der Waals surface area contributed by atoms with Crippen LogP contribution >= 0.6 is 0 Å². The van der Waals surface area contributed by atoms with Crippen LogP contribution in [0.1, 0.15) is 32.6 Å². The van der Waals surface area contributed by atoms with Crippen molar-refractivity contribution in [3.63, 3.8) is 0 Å². The number of rotatable bonds is 5. The van der Waals surface area contributed by atoms with Gasteiger partial charge in [0.15, 0.2) is 0 Å². The third-order valence-electron chi connectivity index (χ3n) is 2.51. The number of carbonyl (C=O) groups excluding carboxylic acids is 1. The second kappa shape index (κ2) is 5.97. The normalized spacial score (nSPS) is 21.8. The van der Waals surface area contributed by atoms with Gasteiger partial charge in [-0.05, 0) is 19.4 Å². The van der Waals surface area contributed by atoms with E-state index in [4.69, 9.17) is 0 Å². The van der Waals surface area contributed by atoms with E-state index in [0.29, 0.717) is 0 Å². The standard InChI is InChI=1S/C10H20N2O/c1-2-3-4-6-12-10(13)9-5-7-11-8-9/h9,11H,2-8H2,1H3,(H,12,13). The van der Waals surface area contributed by atoms with Crippen molar-refractivity contribution in [3.8, 4) is 0 Å². The van der Waals surface area contributed by atoms with Crippen LogP contribution in [0.3, 0.4) is 0 Å². The Morgan fingerprint density at radius 2 is 2.38 bits per heavy atom. The minimum absolute atomic E-state index is 0.224. The van der Waals surface area contributed by atoms with E-state index in [-0.39, 0.29) is 11.8 Å². The fraction of sp³-hybridized carbons (Fsp3) is 0.900. The van der Waals surface area contributed by atoms with E-state index in [1.54, 1.807) is 0 Å². The van der Waals surface area contributed by atoms with Gasteiger partial charge in [-0.2, -0.15) is 0 Å². The molecule has 0 aliphatic carbocycles. The van der Waals surface area contributed by atoms with Gasteiger partial charge in [0.25, 0.3) is 0 Å². The zero-order valence-corrected chi connectivity index (χ0v) is 8.44. The molecule has 0 bridgehead atoms. The number of unbranched alkanes of at least 4 members (excludes halogenated alkanes) is 2. The van der Waals surface area contributed by atoms with Gasteiger partial charge in [-0.15, -0.1) is 0 Å². The Hall–Kier alpha value is -0.570. The summed E-state index contributed by atoms with van der Waals surface area (Å²) in [7, 11) is 0. The molecule has 3 nitrogen and oxygen atoms in total. The molecule has 3 heteroatoms. The second-order valence-electron chi connectivity index (χ2n) is 3.69. The van der Waals surface area contributed by atoms with Gasteiger partial charge in [-0.3, -0.25) is 4.79 Å². The van der Waals surface area contributed by atoms with E-state index in [2.05, 4.69) is 17.6 Å². The largest absolute Gasteiger partial charge is 0.356 e. The lowest BCUT2D eigenvalue weighted by Crippen LogP contribution is -2.32. The summed E-state index contributed by atoms with van der Waals surface area (Å²) in [4.78, 5) is 11.5. The Bertz CT molecular complexity index is 153. The number of nitrogens with one attached hydrogen (secondary N) is 2. The van der Waals surface area contributed by atoms with Crippen molar-refractivity contribution in [1.82, 2.24) is 10.6 Å². The van der Waals surface area contributed by atoms with Crippen molar-refractivity contribution in [2.45, 2.75) is 32.6 Å². The first-order valence-corrected chi connectivity index (χ1v) is 5.33. The summed E-state index contributed by atoms with van der Waals surface area (Å²) < 4.78 is 0. The smallest absolute Gasteiger partial charge is 0.224 e. The monoisotopic (exact) mass is 184 g/mol. The van der Waals surface area contributed by atoms with Crippen LogP contribution in [-0.4, -0.2) is 25.5 Å². The second-order valence-corrected chi connectivity index (χ2v) is 3.69. The first-order valence-electron chi connectivity index (χ1n) is 5.33. The van der Waals surface area contributed by atoms with Gasteiger partial charge in [0.05, 0.1) is 5.92 Å². The van der Waals surface area contributed by atoms with Crippen molar-refractivity contribution >= 4 is 5.91 Å². The molecular formula is C10H20N2O. The summed E-state index contributed by atoms with van der Waals surface area (Å²) in [6, 6.07) is 0. The van der Waals surface area contributed by atoms with Crippen LogP contribution in [0.4, 0.5) is 0 Å². The predicted octanol–water partition coefficient (Wildman–Crippen LogP) is 0.902.